The van der Waals surface area contributed by atoms with Crippen LogP contribution in [0.25, 0.3) is 0 Å². The van der Waals surface area contributed by atoms with Crippen LogP contribution in [0.15, 0.2) is 21.6 Å². The Hall–Kier alpha value is -1.43. The molecule has 16 heavy (non-hydrogen) atoms. The highest BCUT2D eigenvalue weighted by molar-refractivity contribution is 9.10. The maximum Gasteiger partial charge on any atom is 0.195 e. The number of hydrogen-bond acceptors (Lipinski definition) is 5. The molecule has 5 nitrogen and oxygen atoms in total. The zero-order valence-electron chi connectivity index (χ0n) is 8.60. The molecule has 0 amide bonds. The molecule has 2 heterocycles. The van der Waals surface area contributed by atoms with Crippen molar-refractivity contribution >= 4 is 39.0 Å². The summed E-state index contributed by atoms with van der Waals surface area (Å²) >= 11 is 3.59. The number of hydrogen-bond donors (Lipinski definition) is 4. The van der Waals surface area contributed by atoms with Crippen molar-refractivity contribution < 1.29 is 0 Å². The van der Waals surface area contributed by atoms with Crippen molar-refractivity contribution in [3.8, 4) is 0 Å². The third-order valence-corrected chi connectivity index (χ3v) is 3.44. The zero-order chi connectivity index (χ0) is 11.0. The largest absolute Gasteiger partial charge is 0.366 e. The van der Waals surface area contributed by atoms with Gasteiger partial charge >= 0.3 is 0 Å². The molecule has 2 aliphatic rings. The minimum Gasteiger partial charge on any atom is -0.366 e. The first-order chi connectivity index (χ1) is 7.84. The van der Waals surface area contributed by atoms with Gasteiger partial charge in [0.05, 0.1) is 34.7 Å². The van der Waals surface area contributed by atoms with E-state index < -0.39 is 0 Å². The number of fused-ring (bicyclic) bond motifs is 1. The summed E-state index contributed by atoms with van der Waals surface area (Å²) in [5.41, 5.74) is 3.24. The number of aliphatic imine (C=N–C) groups is 1. The third-order valence-electron chi connectivity index (χ3n) is 2.61. The number of halogens is 1. The van der Waals surface area contributed by atoms with Crippen LogP contribution in [0.1, 0.15) is 0 Å². The molecular formula is C10H12BrN5. The van der Waals surface area contributed by atoms with Crippen LogP contribution in [0.3, 0.4) is 0 Å². The molecular weight excluding hydrogens is 270 g/mol. The first-order valence-electron chi connectivity index (χ1n) is 5.20. The minimum atomic E-state index is 0.774. The molecule has 0 spiro atoms. The maximum absolute atomic E-state index is 4.30. The summed E-state index contributed by atoms with van der Waals surface area (Å²) < 4.78 is 1.03. The van der Waals surface area contributed by atoms with Crippen LogP contribution >= 0.6 is 15.9 Å². The van der Waals surface area contributed by atoms with E-state index in [1.165, 1.54) is 0 Å². The van der Waals surface area contributed by atoms with Crippen molar-refractivity contribution in [2.75, 3.05) is 35.7 Å². The lowest BCUT2D eigenvalue weighted by Gasteiger charge is -2.11. The highest BCUT2D eigenvalue weighted by atomic mass is 79.9. The molecule has 0 radical (unpaired) electrons. The van der Waals surface area contributed by atoms with E-state index in [-0.39, 0.29) is 0 Å². The van der Waals surface area contributed by atoms with E-state index in [0.717, 1.165) is 47.3 Å². The van der Waals surface area contributed by atoms with Crippen molar-refractivity contribution in [2.24, 2.45) is 4.99 Å². The zero-order valence-corrected chi connectivity index (χ0v) is 10.2. The summed E-state index contributed by atoms with van der Waals surface area (Å²) in [5, 5.41) is 13.0. The Labute approximate surface area is 102 Å². The summed E-state index contributed by atoms with van der Waals surface area (Å²) in [5.74, 6) is 0.839. The van der Waals surface area contributed by atoms with E-state index in [9.17, 15) is 0 Å². The van der Waals surface area contributed by atoms with Crippen LogP contribution in [-0.2, 0) is 0 Å². The fourth-order valence-electron chi connectivity index (χ4n) is 1.83. The van der Waals surface area contributed by atoms with Crippen molar-refractivity contribution in [1.82, 2.24) is 5.32 Å². The summed E-state index contributed by atoms with van der Waals surface area (Å²) in [4.78, 5) is 4.30. The van der Waals surface area contributed by atoms with Crippen molar-refractivity contribution in [1.29, 1.82) is 0 Å². The smallest absolute Gasteiger partial charge is 0.195 e. The first-order valence-corrected chi connectivity index (χ1v) is 5.99. The average Bonchev–Trinajstić information content (AvgIpc) is 2.93. The fraction of sp³-hybridized carbons (Fsp3) is 0.300. The molecule has 2 aliphatic heterocycles. The SMILES string of the molecule is Brc1c(NC2=NCCN2)ccc2c1NCN2. The molecule has 84 valence electrons. The van der Waals surface area contributed by atoms with Gasteiger partial charge in [0.25, 0.3) is 0 Å². The molecule has 0 aliphatic carbocycles. The molecule has 0 saturated carbocycles. The summed E-state index contributed by atoms with van der Waals surface area (Å²) in [6.45, 7) is 2.52. The molecule has 0 aromatic heterocycles. The lowest BCUT2D eigenvalue weighted by Crippen LogP contribution is -2.26. The van der Waals surface area contributed by atoms with E-state index in [4.69, 9.17) is 0 Å². The van der Waals surface area contributed by atoms with Gasteiger partial charge in [-0.05, 0) is 28.1 Å². The lowest BCUT2D eigenvalue weighted by atomic mass is 10.2. The molecule has 0 unspecified atom stereocenters. The van der Waals surface area contributed by atoms with E-state index in [1.54, 1.807) is 0 Å². The van der Waals surface area contributed by atoms with Gasteiger partial charge in [0.1, 0.15) is 0 Å². The van der Waals surface area contributed by atoms with E-state index in [2.05, 4.69) is 48.3 Å². The van der Waals surface area contributed by atoms with Gasteiger partial charge in [-0.25, -0.2) is 0 Å². The van der Waals surface area contributed by atoms with Crippen LogP contribution in [0.5, 0.6) is 0 Å². The molecule has 0 bridgehead atoms. The van der Waals surface area contributed by atoms with E-state index in [0.29, 0.717) is 0 Å². The second-order valence-corrected chi connectivity index (χ2v) is 4.46. The highest BCUT2D eigenvalue weighted by Gasteiger charge is 2.16. The number of guanidine groups is 1. The Morgan fingerprint density at radius 3 is 3.00 bits per heavy atom. The van der Waals surface area contributed by atoms with Crippen LogP contribution in [0, 0.1) is 0 Å². The normalized spacial score (nSPS) is 16.9. The van der Waals surface area contributed by atoms with E-state index >= 15 is 0 Å². The number of anilines is 3. The molecule has 1 aromatic rings. The second-order valence-electron chi connectivity index (χ2n) is 3.66. The Morgan fingerprint density at radius 2 is 2.19 bits per heavy atom. The Morgan fingerprint density at radius 1 is 1.25 bits per heavy atom. The van der Waals surface area contributed by atoms with Gasteiger partial charge in [0.15, 0.2) is 5.96 Å². The Bertz CT molecular complexity index is 457. The van der Waals surface area contributed by atoms with Gasteiger partial charge in [-0.15, -0.1) is 0 Å². The second kappa shape index (κ2) is 3.86. The monoisotopic (exact) mass is 281 g/mol. The van der Waals surface area contributed by atoms with Gasteiger partial charge in [-0.3, -0.25) is 4.99 Å². The van der Waals surface area contributed by atoms with Gasteiger partial charge in [-0.2, -0.15) is 0 Å². The number of benzene rings is 1. The molecule has 0 atom stereocenters. The van der Waals surface area contributed by atoms with Crippen LogP contribution in [0.2, 0.25) is 0 Å². The van der Waals surface area contributed by atoms with E-state index in [1.807, 2.05) is 6.07 Å². The van der Waals surface area contributed by atoms with Gasteiger partial charge in [0.2, 0.25) is 0 Å². The number of nitrogens with zero attached hydrogens (tertiary/aromatic N) is 1. The fourth-order valence-corrected chi connectivity index (χ4v) is 2.41. The highest BCUT2D eigenvalue weighted by Crippen LogP contribution is 2.39. The average molecular weight is 282 g/mol. The van der Waals surface area contributed by atoms with Gasteiger partial charge in [-0.1, -0.05) is 0 Å². The standard InChI is InChI=1S/C10H12BrN5/c11-8-6(16-10-12-3-4-13-10)1-2-7-9(8)15-5-14-7/h1-2,14-15H,3-5H2,(H2,12,13,16). The predicted molar refractivity (Wildman–Crippen MR) is 70.2 cm³/mol. The molecule has 3 rings (SSSR count). The van der Waals surface area contributed by atoms with Crippen LogP contribution in [0.4, 0.5) is 17.1 Å². The van der Waals surface area contributed by atoms with Crippen molar-refractivity contribution in [3.63, 3.8) is 0 Å². The first kappa shape index (κ1) is 9.77. The van der Waals surface area contributed by atoms with Gasteiger partial charge < -0.3 is 21.3 Å². The lowest BCUT2D eigenvalue weighted by molar-refractivity contribution is 0.959. The molecule has 0 fully saturated rings. The molecule has 0 saturated heterocycles. The minimum absolute atomic E-state index is 0.774. The van der Waals surface area contributed by atoms with Crippen molar-refractivity contribution in [3.05, 3.63) is 16.6 Å². The number of nitrogens with one attached hydrogen (secondary N) is 4. The summed E-state index contributed by atoms with van der Waals surface area (Å²) in [6, 6.07) is 4.09. The number of rotatable bonds is 1. The van der Waals surface area contributed by atoms with Crippen LogP contribution in [-0.4, -0.2) is 25.7 Å². The topological polar surface area (TPSA) is 60.5 Å². The third kappa shape index (κ3) is 1.59. The molecule has 1 aromatic carbocycles. The Kier molecular flexibility index (Phi) is 2.36. The Balaban J connectivity index is 1.90. The molecule has 6 heteroatoms. The van der Waals surface area contributed by atoms with Crippen molar-refractivity contribution in [2.45, 2.75) is 0 Å². The summed E-state index contributed by atoms with van der Waals surface area (Å²) in [7, 11) is 0. The van der Waals surface area contributed by atoms with Gasteiger partial charge in [0, 0.05) is 6.54 Å². The van der Waals surface area contributed by atoms with Crippen LogP contribution < -0.4 is 21.3 Å². The predicted octanol–water partition coefficient (Wildman–Crippen LogP) is 1.62. The quantitative estimate of drug-likeness (QED) is 0.632. The summed E-state index contributed by atoms with van der Waals surface area (Å²) in [6.07, 6.45) is 0. The molecule has 4 N–H and O–H groups in total. The maximum atomic E-state index is 4.30.